The zero-order chi connectivity index (χ0) is 14.5. The molecule has 21 heavy (non-hydrogen) atoms. The topological polar surface area (TPSA) is 58.3 Å². The lowest BCUT2D eigenvalue weighted by Crippen LogP contribution is -2.47. The number of nitrogens with zero attached hydrogens (tertiary/aromatic N) is 4. The standard InChI is InChI=1S/C16H21N5/c17-15-4-1-3-14(13-15)5-8-20-9-11-21(12-10-20)16-18-6-2-7-19-16/h1-4,6-7,13H,5,8-12,17H2. The van der Waals surface area contributed by atoms with Gasteiger partial charge < -0.3 is 10.6 Å². The summed E-state index contributed by atoms with van der Waals surface area (Å²) in [5, 5.41) is 0. The van der Waals surface area contributed by atoms with Gasteiger partial charge in [-0.05, 0) is 30.2 Å². The molecule has 2 heterocycles. The van der Waals surface area contributed by atoms with E-state index in [1.807, 2.05) is 18.2 Å². The van der Waals surface area contributed by atoms with Crippen LogP contribution in [0, 0.1) is 0 Å². The number of anilines is 2. The Morgan fingerprint density at radius 3 is 2.48 bits per heavy atom. The molecule has 0 spiro atoms. The number of hydrogen-bond donors (Lipinski definition) is 1. The third-order valence-electron chi connectivity index (χ3n) is 3.88. The van der Waals surface area contributed by atoms with Gasteiger partial charge in [0.25, 0.3) is 0 Å². The molecular weight excluding hydrogens is 262 g/mol. The summed E-state index contributed by atoms with van der Waals surface area (Å²) in [5.74, 6) is 0.841. The highest BCUT2D eigenvalue weighted by molar-refractivity contribution is 5.40. The molecule has 0 radical (unpaired) electrons. The van der Waals surface area contributed by atoms with Crippen LogP contribution in [0.3, 0.4) is 0 Å². The number of nitrogens with two attached hydrogens (primary N) is 1. The summed E-state index contributed by atoms with van der Waals surface area (Å²) in [7, 11) is 0. The summed E-state index contributed by atoms with van der Waals surface area (Å²) in [6.07, 6.45) is 4.65. The van der Waals surface area contributed by atoms with Gasteiger partial charge in [-0.2, -0.15) is 0 Å². The van der Waals surface area contributed by atoms with E-state index < -0.39 is 0 Å². The number of rotatable bonds is 4. The van der Waals surface area contributed by atoms with Gasteiger partial charge in [0.05, 0.1) is 0 Å². The van der Waals surface area contributed by atoms with Crippen molar-refractivity contribution in [2.45, 2.75) is 6.42 Å². The second kappa shape index (κ2) is 6.54. The van der Waals surface area contributed by atoms with Gasteiger partial charge in [-0.15, -0.1) is 0 Å². The molecule has 0 aliphatic carbocycles. The Morgan fingerprint density at radius 2 is 1.76 bits per heavy atom. The average molecular weight is 283 g/mol. The van der Waals surface area contributed by atoms with Gasteiger partial charge in [0.1, 0.15) is 0 Å². The Labute approximate surface area is 125 Å². The van der Waals surface area contributed by atoms with Crippen LogP contribution in [-0.4, -0.2) is 47.6 Å². The summed E-state index contributed by atoms with van der Waals surface area (Å²) < 4.78 is 0. The van der Waals surface area contributed by atoms with Crippen molar-refractivity contribution in [3.8, 4) is 0 Å². The Hall–Kier alpha value is -2.14. The quantitative estimate of drug-likeness (QED) is 0.860. The fourth-order valence-corrected chi connectivity index (χ4v) is 2.66. The minimum atomic E-state index is 0.841. The number of nitrogen functional groups attached to an aromatic ring is 1. The van der Waals surface area contributed by atoms with E-state index in [1.165, 1.54) is 5.56 Å². The second-order valence-electron chi connectivity index (χ2n) is 5.37. The molecule has 0 atom stereocenters. The molecule has 0 amide bonds. The lowest BCUT2D eigenvalue weighted by molar-refractivity contribution is 0.260. The molecule has 5 heteroatoms. The summed E-state index contributed by atoms with van der Waals surface area (Å²) in [5.41, 5.74) is 7.97. The number of aromatic nitrogens is 2. The molecule has 1 saturated heterocycles. The van der Waals surface area contributed by atoms with E-state index >= 15 is 0 Å². The van der Waals surface area contributed by atoms with E-state index in [0.29, 0.717) is 0 Å². The fraction of sp³-hybridized carbons (Fsp3) is 0.375. The van der Waals surface area contributed by atoms with Crippen LogP contribution in [0.5, 0.6) is 0 Å². The molecule has 0 unspecified atom stereocenters. The first-order valence-corrected chi connectivity index (χ1v) is 7.40. The predicted octanol–water partition coefficient (Wildman–Crippen LogP) is 1.42. The number of benzene rings is 1. The van der Waals surface area contributed by atoms with Crippen LogP contribution in [0.4, 0.5) is 11.6 Å². The maximum absolute atomic E-state index is 5.82. The van der Waals surface area contributed by atoms with E-state index in [2.05, 4.69) is 31.9 Å². The second-order valence-corrected chi connectivity index (χ2v) is 5.37. The molecule has 0 saturated carbocycles. The summed E-state index contributed by atoms with van der Waals surface area (Å²) in [6.45, 7) is 5.16. The average Bonchev–Trinajstić information content (AvgIpc) is 2.54. The fourth-order valence-electron chi connectivity index (χ4n) is 2.66. The van der Waals surface area contributed by atoms with Crippen molar-refractivity contribution in [2.24, 2.45) is 0 Å². The van der Waals surface area contributed by atoms with Crippen molar-refractivity contribution in [1.82, 2.24) is 14.9 Å². The van der Waals surface area contributed by atoms with Crippen LogP contribution in [0.25, 0.3) is 0 Å². The minimum absolute atomic E-state index is 0.841. The van der Waals surface area contributed by atoms with E-state index in [9.17, 15) is 0 Å². The van der Waals surface area contributed by atoms with Crippen molar-refractivity contribution in [3.05, 3.63) is 48.3 Å². The highest BCUT2D eigenvalue weighted by Crippen LogP contribution is 2.11. The van der Waals surface area contributed by atoms with E-state index in [0.717, 1.165) is 50.8 Å². The molecule has 2 N–H and O–H groups in total. The molecule has 1 aliphatic heterocycles. The smallest absolute Gasteiger partial charge is 0.225 e. The molecule has 5 nitrogen and oxygen atoms in total. The highest BCUT2D eigenvalue weighted by Gasteiger charge is 2.18. The number of hydrogen-bond acceptors (Lipinski definition) is 5. The van der Waals surface area contributed by atoms with Crippen molar-refractivity contribution >= 4 is 11.6 Å². The SMILES string of the molecule is Nc1cccc(CCN2CCN(c3ncccn3)CC2)c1. The molecule has 1 aromatic carbocycles. The van der Waals surface area contributed by atoms with Crippen molar-refractivity contribution < 1.29 is 0 Å². The first kappa shape index (κ1) is 13.8. The van der Waals surface area contributed by atoms with Crippen LogP contribution in [-0.2, 0) is 6.42 Å². The molecule has 110 valence electrons. The van der Waals surface area contributed by atoms with Crippen molar-refractivity contribution in [3.63, 3.8) is 0 Å². The molecule has 1 fully saturated rings. The summed E-state index contributed by atoms with van der Waals surface area (Å²) in [4.78, 5) is 13.4. The van der Waals surface area contributed by atoms with Gasteiger partial charge >= 0.3 is 0 Å². The summed E-state index contributed by atoms with van der Waals surface area (Å²) >= 11 is 0. The van der Waals surface area contributed by atoms with Crippen molar-refractivity contribution in [1.29, 1.82) is 0 Å². The van der Waals surface area contributed by atoms with Gasteiger partial charge in [-0.1, -0.05) is 12.1 Å². The monoisotopic (exact) mass is 283 g/mol. The maximum atomic E-state index is 5.82. The van der Waals surface area contributed by atoms with Crippen LogP contribution in [0.1, 0.15) is 5.56 Å². The van der Waals surface area contributed by atoms with E-state index in [-0.39, 0.29) is 0 Å². The Kier molecular flexibility index (Phi) is 4.31. The lowest BCUT2D eigenvalue weighted by Gasteiger charge is -2.34. The third kappa shape index (κ3) is 3.70. The largest absolute Gasteiger partial charge is 0.399 e. The molecule has 1 aliphatic rings. The summed E-state index contributed by atoms with van der Waals surface area (Å²) in [6, 6.07) is 10.0. The maximum Gasteiger partial charge on any atom is 0.225 e. The first-order valence-electron chi connectivity index (χ1n) is 7.40. The lowest BCUT2D eigenvalue weighted by atomic mass is 10.1. The van der Waals surface area contributed by atoms with Crippen LogP contribution in [0.15, 0.2) is 42.7 Å². The zero-order valence-electron chi connectivity index (χ0n) is 12.2. The molecule has 0 bridgehead atoms. The van der Waals surface area contributed by atoms with Gasteiger partial charge in [-0.25, -0.2) is 9.97 Å². The Bertz CT molecular complexity index is 564. The van der Waals surface area contributed by atoms with Crippen LogP contribution < -0.4 is 10.6 Å². The van der Waals surface area contributed by atoms with Gasteiger partial charge in [-0.3, -0.25) is 4.90 Å². The third-order valence-corrected chi connectivity index (χ3v) is 3.88. The Balaban J connectivity index is 1.48. The number of piperazine rings is 1. The van der Waals surface area contributed by atoms with Gasteiger partial charge in [0, 0.05) is 50.8 Å². The van der Waals surface area contributed by atoms with Crippen LogP contribution >= 0.6 is 0 Å². The minimum Gasteiger partial charge on any atom is -0.399 e. The zero-order valence-corrected chi connectivity index (χ0v) is 12.2. The first-order chi connectivity index (χ1) is 10.3. The molecule has 3 rings (SSSR count). The van der Waals surface area contributed by atoms with E-state index in [1.54, 1.807) is 12.4 Å². The van der Waals surface area contributed by atoms with Crippen LogP contribution in [0.2, 0.25) is 0 Å². The highest BCUT2D eigenvalue weighted by atomic mass is 15.3. The molecular formula is C16H21N5. The Morgan fingerprint density at radius 1 is 1.00 bits per heavy atom. The normalized spacial score (nSPS) is 16.1. The molecule has 2 aromatic rings. The molecule has 1 aromatic heterocycles. The van der Waals surface area contributed by atoms with Crippen molar-refractivity contribution in [2.75, 3.05) is 43.4 Å². The van der Waals surface area contributed by atoms with Gasteiger partial charge in [0.15, 0.2) is 0 Å². The van der Waals surface area contributed by atoms with E-state index in [4.69, 9.17) is 5.73 Å². The predicted molar refractivity (Wildman–Crippen MR) is 85.2 cm³/mol. The van der Waals surface area contributed by atoms with Gasteiger partial charge in [0.2, 0.25) is 5.95 Å².